The molecule has 2 amide bonds. The SMILES string of the molecule is CCC(C(=O)NC(C)(C)C)N(Cc1ccccc1Cl)C(=O)CN(c1ccc(C)cc1C)S(=O)(=O)c1ccc(C)cc1. The molecule has 3 aromatic rings. The van der Waals surface area contributed by atoms with Crippen LogP contribution in [0.1, 0.15) is 56.4 Å². The molecule has 7 nitrogen and oxygen atoms in total. The first-order valence-corrected chi connectivity index (χ1v) is 15.5. The fraction of sp³-hybridized carbons (Fsp3) is 0.375. The van der Waals surface area contributed by atoms with E-state index in [1.807, 2.05) is 66.7 Å². The van der Waals surface area contributed by atoms with Crippen LogP contribution in [0.25, 0.3) is 0 Å². The van der Waals surface area contributed by atoms with Crippen molar-refractivity contribution >= 4 is 39.1 Å². The van der Waals surface area contributed by atoms with Gasteiger partial charge in [-0.05, 0) is 83.4 Å². The zero-order chi connectivity index (χ0) is 30.5. The van der Waals surface area contributed by atoms with E-state index in [2.05, 4.69) is 5.32 Å². The Morgan fingerprint density at radius 2 is 1.54 bits per heavy atom. The van der Waals surface area contributed by atoms with E-state index in [-0.39, 0.29) is 17.3 Å². The van der Waals surface area contributed by atoms with E-state index in [9.17, 15) is 18.0 Å². The molecule has 1 N–H and O–H groups in total. The highest BCUT2D eigenvalue weighted by Gasteiger charge is 2.35. The number of anilines is 1. The summed E-state index contributed by atoms with van der Waals surface area (Å²) in [5.41, 5.74) is 3.13. The monoisotopic (exact) mass is 597 g/mol. The molecule has 0 aliphatic heterocycles. The average molecular weight is 598 g/mol. The lowest BCUT2D eigenvalue weighted by Crippen LogP contribution is -2.55. The van der Waals surface area contributed by atoms with Gasteiger partial charge in [-0.3, -0.25) is 13.9 Å². The Balaban J connectivity index is 2.12. The van der Waals surface area contributed by atoms with Crippen LogP contribution in [0.4, 0.5) is 5.69 Å². The Hall–Kier alpha value is -3.36. The Kier molecular flexibility index (Phi) is 10.3. The van der Waals surface area contributed by atoms with Crippen molar-refractivity contribution < 1.29 is 18.0 Å². The number of carbonyl (C=O) groups is 2. The van der Waals surface area contributed by atoms with Crippen LogP contribution < -0.4 is 9.62 Å². The van der Waals surface area contributed by atoms with Gasteiger partial charge in [-0.2, -0.15) is 0 Å². The number of sulfonamides is 1. The van der Waals surface area contributed by atoms with Crippen LogP contribution in [-0.4, -0.2) is 43.3 Å². The molecule has 220 valence electrons. The van der Waals surface area contributed by atoms with Crippen molar-refractivity contribution in [2.24, 2.45) is 0 Å². The Morgan fingerprint density at radius 3 is 2.10 bits per heavy atom. The standard InChI is InChI=1S/C32H40ClN3O4S/c1-8-28(31(38)34-32(5,6)7)35(20-25-11-9-10-12-27(25)33)30(37)21-36(29-18-15-23(3)19-24(29)4)41(39,40)26-16-13-22(2)14-17-26/h9-19,28H,8,20-21H2,1-7H3,(H,34,38). The van der Waals surface area contributed by atoms with Crippen molar-refractivity contribution in [1.82, 2.24) is 10.2 Å². The average Bonchev–Trinajstić information content (AvgIpc) is 2.87. The third kappa shape index (κ3) is 8.11. The highest BCUT2D eigenvalue weighted by Crippen LogP contribution is 2.29. The molecule has 1 unspecified atom stereocenters. The molecule has 0 bridgehead atoms. The summed E-state index contributed by atoms with van der Waals surface area (Å²) in [7, 11) is -4.14. The first kappa shape index (κ1) is 32.2. The second kappa shape index (κ2) is 13.1. The Labute approximate surface area is 249 Å². The number of hydrogen-bond acceptors (Lipinski definition) is 4. The maximum Gasteiger partial charge on any atom is 0.264 e. The summed E-state index contributed by atoms with van der Waals surface area (Å²) in [6, 6.07) is 18.2. The van der Waals surface area contributed by atoms with E-state index in [4.69, 9.17) is 11.6 Å². The van der Waals surface area contributed by atoms with E-state index >= 15 is 0 Å². The minimum atomic E-state index is -4.14. The molecule has 0 radical (unpaired) electrons. The smallest absolute Gasteiger partial charge is 0.264 e. The number of rotatable bonds is 10. The summed E-state index contributed by atoms with van der Waals surface area (Å²) in [6.45, 7) is 12.6. The molecule has 0 fully saturated rings. The van der Waals surface area contributed by atoms with Crippen molar-refractivity contribution in [3.63, 3.8) is 0 Å². The number of hydrogen-bond donors (Lipinski definition) is 1. The molecule has 0 aromatic heterocycles. The molecule has 3 aromatic carbocycles. The summed E-state index contributed by atoms with van der Waals surface area (Å²) >= 11 is 6.46. The van der Waals surface area contributed by atoms with Crippen LogP contribution in [0.15, 0.2) is 71.6 Å². The number of carbonyl (C=O) groups excluding carboxylic acids is 2. The normalized spacial score (nSPS) is 12.5. The van der Waals surface area contributed by atoms with Crippen LogP contribution in [0.2, 0.25) is 5.02 Å². The van der Waals surface area contributed by atoms with Gasteiger partial charge in [0.1, 0.15) is 12.6 Å². The topological polar surface area (TPSA) is 86.8 Å². The van der Waals surface area contributed by atoms with E-state index in [1.165, 1.54) is 4.90 Å². The maximum absolute atomic E-state index is 14.2. The summed E-state index contributed by atoms with van der Waals surface area (Å²) in [5, 5.41) is 3.42. The van der Waals surface area contributed by atoms with Crippen LogP contribution in [0, 0.1) is 20.8 Å². The van der Waals surface area contributed by atoms with Crippen LogP contribution in [0.5, 0.6) is 0 Å². The third-order valence-electron chi connectivity index (χ3n) is 6.69. The quantitative estimate of drug-likeness (QED) is 0.302. The lowest BCUT2D eigenvalue weighted by molar-refractivity contribution is -0.141. The highest BCUT2D eigenvalue weighted by molar-refractivity contribution is 7.92. The molecule has 41 heavy (non-hydrogen) atoms. The summed E-state index contributed by atoms with van der Waals surface area (Å²) in [4.78, 5) is 29.2. The van der Waals surface area contributed by atoms with Crippen molar-refractivity contribution in [2.45, 2.75) is 77.9 Å². The molecule has 0 spiro atoms. The number of nitrogens with zero attached hydrogens (tertiary/aromatic N) is 2. The minimum Gasteiger partial charge on any atom is -0.350 e. The van der Waals surface area contributed by atoms with E-state index in [1.54, 1.807) is 48.5 Å². The van der Waals surface area contributed by atoms with Crippen LogP contribution >= 0.6 is 11.6 Å². The molecule has 0 saturated carbocycles. The summed E-state index contributed by atoms with van der Waals surface area (Å²) in [5.74, 6) is -0.837. The third-order valence-corrected chi connectivity index (χ3v) is 8.83. The highest BCUT2D eigenvalue weighted by atomic mass is 35.5. The van der Waals surface area contributed by atoms with Crippen LogP contribution in [-0.2, 0) is 26.2 Å². The molecule has 0 saturated heterocycles. The number of nitrogens with one attached hydrogen (secondary N) is 1. The van der Waals surface area contributed by atoms with Crippen molar-refractivity contribution in [3.05, 3.63) is 94.0 Å². The van der Waals surface area contributed by atoms with Gasteiger partial charge in [-0.15, -0.1) is 0 Å². The predicted octanol–water partition coefficient (Wildman–Crippen LogP) is 6.18. The molecule has 9 heteroatoms. The van der Waals surface area contributed by atoms with Gasteiger partial charge in [0.25, 0.3) is 10.0 Å². The minimum absolute atomic E-state index is 0.0415. The van der Waals surface area contributed by atoms with Gasteiger partial charge in [-0.1, -0.05) is 72.1 Å². The number of benzene rings is 3. The van der Waals surface area contributed by atoms with Crippen molar-refractivity contribution in [3.8, 4) is 0 Å². The molecular formula is C32H40ClN3O4S. The fourth-order valence-electron chi connectivity index (χ4n) is 4.62. The maximum atomic E-state index is 14.2. The van der Waals surface area contributed by atoms with Crippen LogP contribution in [0.3, 0.4) is 0 Å². The molecule has 0 heterocycles. The molecule has 3 rings (SSSR count). The van der Waals surface area contributed by atoms with Gasteiger partial charge < -0.3 is 10.2 Å². The van der Waals surface area contributed by atoms with Gasteiger partial charge in [0.15, 0.2) is 0 Å². The van der Waals surface area contributed by atoms with E-state index in [0.717, 1.165) is 15.4 Å². The van der Waals surface area contributed by atoms with Gasteiger partial charge in [0.05, 0.1) is 10.6 Å². The molecular weight excluding hydrogens is 558 g/mol. The first-order chi connectivity index (χ1) is 19.1. The Bertz CT molecular complexity index is 1500. The second-order valence-corrected chi connectivity index (χ2v) is 13.7. The van der Waals surface area contributed by atoms with E-state index < -0.39 is 34.1 Å². The van der Waals surface area contributed by atoms with Crippen molar-refractivity contribution in [1.29, 1.82) is 0 Å². The second-order valence-electron chi connectivity index (χ2n) is 11.4. The lowest BCUT2D eigenvalue weighted by atomic mass is 10.1. The molecule has 0 aliphatic carbocycles. The van der Waals surface area contributed by atoms with E-state index in [0.29, 0.717) is 28.3 Å². The lowest BCUT2D eigenvalue weighted by Gasteiger charge is -2.35. The number of aryl methyl sites for hydroxylation is 3. The fourth-order valence-corrected chi connectivity index (χ4v) is 6.29. The largest absolute Gasteiger partial charge is 0.350 e. The van der Waals surface area contributed by atoms with Gasteiger partial charge in [-0.25, -0.2) is 8.42 Å². The van der Waals surface area contributed by atoms with Crippen molar-refractivity contribution in [2.75, 3.05) is 10.8 Å². The number of amides is 2. The zero-order valence-electron chi connectivity index (χ0n) is 24.9. The first-order valence-electron chi connectivity index (χ1n) is 13.7. The number of halogens is 1. The summed E-state index contributed by atoms with van der Waals surface area (Å²) < 4.78 is 29.3. The molecule has 1 atom stereocenters. The zero-order valence-corrected chi connectivity index (χ0v) is 26.4. The van der Waals surface area contributed by atoms with Gasteiger partial charge >= 0.3 is 0 Å². The van der Waals surface area contributed by atoms with Gasteiger partial charge in [0, 0.05) is 17.1 Å². The summed E-state index contributed by atoms with van der Waals surface area (Å²) in [6.07, 6.45) is 0.326. The Morgan fingerprint density at radius 1 is 0.927 bits per heavy atom. The molecule has 0 aliphatic rings. The van der Waals surface area contributed by atoms with Gasteiger partial charge in [0.2, 0.25) is 11.8 Å². The predicted molar refractivity (Wildman–Crippen MR) is 166 cm³/mol.